The van der Waals surface area contributed by atoms with Gasteiger partial charge in [-0.15, -0.1) is 0 Å². The van der Waals surface area contributed by atoms with Crippen LogP contribution in [0.2, 0.25) is 0 Å². The van der Waals surface area contributed by atoms with E-state index < -0.39 is 11.4 Å². The van der Waals surface area contributed by atoms with Crippen molar-refractivity contribution in [1.29, 1.82) is 0 Å². The van der Waals surface area contributed by atoms with E-state index in [9.17, 15) is 4.79 Å². The van der Waals surface area contributed by atoms with E-state index in [1.807, 2.05) is 0 Å². The molecule has 0 amide bonds. The van der Waals surface area contributed by atoms with Gasteiger partial charge in [0.25, 0.3) is 0 Å². The second kappa shape index (κ2) is 6.82. The van der Waals surface area contributed by atoms with E-state index in [4.69, 9.17) is 9.84 Å². The lowest BCUT2D eigenvalue weighted by atomic mass is 9.95. The van der Waals surface area contributed by atoms with Gasteiger partial charge in [0, 0.05) is 6.61 Å². The molecule has 0 fully saturated rings. The van der Waals surface area contributed by atoms with E-state index in [1.54, 1.807) is 13.8 Å². The third-order valence-corrected chi connectivity index (χ3v) is 2.18. The van der Waals surface area contributed by atoms with E-state index in [-0.39, 0.29) is 0 Å². The van der Waals surface area contributed by atoms with Crippen LogP contribution in [0.5, 0.6) is 0 Å². The molecule has 14 heavy (non-hydrogen) atoms. The topological polar surface area (TPSA) is 46.5 Å². The summed E-state index contributed by atoms with van der Waals surface area (Å²) in [4.78, 5) is 10.7. The maximum absolute atomic E-state index is 10.7. The minimum atomic E-state index is -0.800. The van der Waals surface area contributed by atoms with E-state index in [0.29, 0.717) is 13.2 Å². The Morgan fingerprint density at radius 1 is 1.29 bits per heavy atom. The lowest BCUT2D eigenvalue weighted by Gasteiger charge is -2.18. The third kappa shape index (κ3) is 5.97. The molecule has 0 spiro atoms. The van der Waals surface area contributed by atoms with Crippen molar-refractivity contribution in [3.05, 3.63) is 0 Å². The standard InChI is InChI=1S/C11H22O3/c1-4-5-6-7-8-14-9-11(2,3)10(12)13/h4-9H2,1-3H3,(H,12,13). The van der Waals surface area contributed by atoms with Gasteiger partial charge in [-0.3, -0.25) is 4.79 Å². The second-order valence-corrected chi connectivity index (χ2v) is 4.30. The summed E-state index contributed by atoms with van der Waals surface area (Å²) in [6.07, 6.45) is 4.64. The van der Waals surface area contributed by atoms with Crippen molar-refractivity contribution in [2.75, 3.05) is 13.2 Å². The molecule has 3 nitrogen and oxygen atoms in total. The largest absolute Gasteiger partial charge is 0.481 e. The molecule has 0 bridgehead atoms. The molecular weight excluding hydrogens is 180 g/mol. The molecule has 1 N–H and O–H groups in total. The summed E-state index contributed by atoms with van der Waals surface area (Å²) in [7, 11) is 0. The summed E-state index contributed by atoms with van der Waals surface area (Å²) >= 11 is 0. The number of hydrogen-bond donors (Lipinski definition) is 1. The molecule has 0 unspecified atom stereocenters. The number of unbranched alkanes of at least 4 members (excludes halogenated alkanes) is 3. The third-order valence-electron chi connectivity index (χ3n) is 2.18. The molecule has 0 radical (unpaired) electrons. The quantitative estimate of drug-likeness (QED) is 0.615. The van der Waals surface area contributed by atoms with Crippen molar-refractivity contribution in [1.82, 2.24) is 0 Å². The maximum atomic E-state index is 10.7. The highest BCUT2D eigenvalue weighted by Gasteiger charge is 2.26. The Bertz CT molecular complexity index is 164. The highest BCUT2D eigenvalue weighted by molar-refractivity contribution is 5.73. The fourth-order valence-corrected chi connectivity index (χ4v) is 1.02. The highest BCUT2D eigenvalue weighted by atomic mass is 16.5. The first kappa shape index (κ1) is 13.4. The number of aliphatic carboxylic acids is 1. The predicted octanol–water partition coefficient (Wildman–Crippen LogP) is 2.69. The van der Waals surface area contributed by atoms with Crippen molar-refractivity contribution in [3.8, 4) is 0 Å². The van der Waals surface area contributed by atoms with Crippen LogP contribution in [0.4, 0.5) is 0 Å². The van der Waals surface area contributed by atoms with Crippen LogP contribution in [-0.4, -0.2) is 24.3 Å². The molecule has 3 heteroatoms. The van der Waals surface area contributed by atoms with Crippen molar-refractivity contribution in [2.45, 2.75) is 46.5 Å². The van der Waals surface area contributed by atoms with Crippen LogP contribution in [0.25, 0.3) is 0 Å². The lowest BCUT2D eigenvalue weighted by molar-refractivity contribution is -0.150. The summed E-state index contributed by atoms with van der Waals surface area (Å²) in [6.45, 7) is 6.50. The molecule has 0 aromatic heterocycles. The van der Waals surface area contributed by atoms with Gasteiger partial charge < -0.3 is 9.84 Å². The molecule has 0 heterocycles. The Morgan fingerprint density at radius 3 is 2.43 bits per heavy atom. The summed E-state index contributed by atoms with van der Waals surface area (Å²) in [5.41, 5.74) is -0.759. The number of ether oxygens (including phenoxy) is 1. The Hall–Kier alpha value is -0.570. The van der Waals surface area contributed by atoms with Gasteiger partial charge in [0.15, 0.2) is 0 Å². The second-order valence-electron chi connectivity index (χ2n) is 4.30. The Balaban J connectivity index is 3.40. The van der Waals surface area contributed by atoms with Gasteiger partial charge in [0.1, 0.15) is 0 Å². The van der Waals surface area contributed by atoms with Crippen molar-refractivity contribution < 1.29 is 14.6 Å². The van der Waals surface area contributed by atoms with Gasteiger partial charge in [0.2, 0.25) is 0 Å². The van der Waals surface area contributed by atoms with E-state index in [1.165, 1.54) is 19.3 Å². The van der Waals surface area contributed by atoms with Crippen LogP contribution in [0, 0.1) is 5.41 Å². The van der Waals surface area contributed by atoms with Crippen LogP contribution in [0.3, 0.4) is 0 Å². The maximum Gasteiger partial charge on any atom is 0.311 e. The van der Waals surface area contributed by atoms with Gasteiger partial charge in [0.05, 0.1) is 12.0 Å². The fourth-order valence-electron chi connectivity index (χ4n) is 1.02. The Labute approximate surface area is 86.5 Å². The smallest absolute Gasteiger partial charge is 0.311 e. The molecule has 0 aromatic rings. The summed E-state index contributed by atoms with van der Waals surface area (Å²) in [6, 6.07) is 0. The van der Waals surface area contributed by atoms with Crippen LogP contribution >= 0.6 is 0 Å². The van der Waals surface area contributed by atoms with Gasteiger partial charge in [-0.25, -0.2) is 0 Å². The SMILES string of the molecule is CCCCCCOCC(C)(C)C(=O)O. The first-order chi connectivity index (χ1) is 6.50. The predicted molar refractivity (Wildman–Crippen MR) is 56.4 cm³/mol. The first-order valence-corrected chi connectivity index (χ1v) is 5.32. The lowest BCUT2D eigenvalue weighted by Crippen LogP contribution is -2.29. The van der Waals surface area contributed by atoms with Gasteiger partial charge in [-0.05, 0) is 20.3 Å². The summed E-state index contributed by atoms with van der Waals surface area (Å²) in [5.74, 6) is -0.800. The minimum Gasteiger partial charge on any atom is -0.481 e. The Kier molecular flexibility index (Phi) is 6.54. The minimum absolute atomic E-state index is 0.300. The van der Waals surface area contributed by atoms with Crippen molar-refractivity contribution in [2.24, 2.45) is 5.41 Å². The summed E-state index contributed by atoms with van der Waals surface area (Å²) < 4.78 is 5.33. The molecule has 0 aliphatic carbocycles. The highest BCUT2D eigenvalue weighted by Crippen LogP contribution is 2.15. The molecule has 84 valence electrons. The van der Waals surface area contributed by atoms with Crippen LogP contribution in [0.15, 0.2) is 0 Å². The number of carbonyl (C=O) groups is 1. The van der Waals surface area contributed by atoms with Crippen molar-refractivity contribution >= 4 is 5.97 Å². The Morgan fingerprint density at radius 2 is 1.93 bits per heavy atom. The number of carboxylic acid groups (broad SMARTS) is 1. The molecule has 0 saturated heterocycles. The van der Waals surface area contributed by atoms with E-state index in [2.05, 4.69) is 6.92 Å². The van der Waals surface area contributed by atoms with Gasteiger partial charge >= 0.3 is 5.97 Å². The van der Waals surface area contributed by atoms with Gasteiger partial charge in [-0.2, -0.15) is 0 Å². The molecule has 0 atom stereocenters. The van der Waals surface area contributed by atoms with Crippen LogP contribution in [-0.2, 0) is 9.53 Å². The number of carboxylic acids is 1. The van der Waals surface area contributed by atoms with E-state index >= 15 is 0 Å². The molecule has 0 aliphatic heterocycles. The normalized spacial score (nSPS) is 11.6. The number of rotatable bonds is 8. The van der Waals surface area contributed by atoms with E-state index in [0.717, 1.165) is 6.42 Å². The van der Waals surface area contributed by atoms with Crippen LogP contribution < -0.4 is 0 Å². The average molecular weight is 202 g/mol. The molecular formula is C11H22O3. The molecule has 0 rings (SSSR count). The molecule has 0 saturated carbocycles. The zero-order chi connectivity index (χ0) is 11.0. The monoisotopic (exact) mass is 202 g/mol. The van der Waals surface area contributed by atoms with Crippen LogP contribution in [0.1, 0.15) is 46.5 Å². The fraction of sp³-hybridized carbons (Fsp3) is 0.909. The first-order valence-electron chi connectivity index (χ1n) is 5.32. The molecule has 0 aromatic carbocycles. The average Bonchev–Trinajstić information content (AvgIpc) is 2.10. The number of hydrogen-bond acceptors (Lipinski definition) is 2. The zero-order valence-electron chi connectivity index (χ0n) is 9.51. The summed E-state index contributed by atoms with van der Waals surface area (Å²) in [5, 5.41) is 8.80. The zero-order valence-corrected chi connectivity index (χ0v) is 9.51. The van der Waals surface area contributed by atoms with Gasteiger partial charge in [-0.1, -0.05) is 26.2 Å². The van der Waals surface area contributed by atoms with Crippen molar-refractivity contribution in [3.63, 3.8) is 0 Å². The molecule has 0 aliphatic rings.